The monoisotopic (exact) mass is 297 g/mol. The summed E-state index contributed by atoms with van der Waals surface area (Å²) in [4.78, 5) is 2.64. The zero-order valence-electron chi connectivity index (χ0n) is 13.0. The van der Waals surface area contributed by atoms with Crippen LogP contribution in [-0.4, -0.2) is 0 Å². The van der Waals surface area contributed by atoms with Gasteiger partial charge in [0.15, 0.2) is 0 Å². The molecule has 3 unspecified atom stereocenters. The van der Waals surface area contributed by atoms with Crippen molar-refractivity contribution in [3.05, 3.63) is 102 Å². The Kier molecular flexibility index (Phi) is 2.81. The first-order chi connectivity index (χ1) is 11.4. The summed E-state index contributed by atoms with van der Waals surface area (Å²) in [6.07, 6.45) is 1.21. The summed E-state index contributed by atoms with van der Waals surface area (Å²) in [6, 6.07) is 31.9. The molecule has 2 aliphatic rings. The maximum absolute atomic E-state index is 2.64. The van der Waals surface area contributed by atoms with Gasteiger partial charge in [0.05, 0.1) is 12.1 Å². The molecule has 2 aliphatic heterocycles. The van der Waals surface area contributed by atoms with Gasteiger partial charge in [-0.2, -0.15) is 0 Å². The third kappa shape index (κ3) is 1.86. The van der Waals surface area contributed by atoms with Gasteiger partial charge >= 0.3 is 0 Å². The number of fused-ring (bicyclic) bond motifs is 5. The lowest BCUT2D eigenvalue weighted by molar-refractivity contribution is 0.605. The lowest BCUT2D eigenvalue weighted by Gasteiger charge is -2.27. The van der Waals surface area contributed by atoms with E-state index in [1.54, 1.807) is 0 Å². The summed E-state index contributed by atoms with van der Waals surface area (Å²) in [6.45, 7) is 0. The lowest BCUT2D eigenvalue weighted by atomic mass is 9.80. The van der Waals surface area contributed by atoms with Crippen molar-refractivity contribution in [3.8, 4) is 0 Å². The van der Waals surface area contributed by atoms with Crippen molar-refractivity contribution in [1.29, 1.82) is 0 Å². The van der Waals surface area contributed by atoms with Gasteiger partial charge in [0.25, 0.3) is 0 Å². The molecule has 3 atom stereocenters. The highest BCUT2D eigenvalue weighted by molar-refractivity contribution is 5.61. The van der Waals surface area contributed by atoms with E-state index in [-0.39, 0.29) is 0 Å². The summed E-state index contributed by atoms with van der Waals surface area (Å²) < 4.78 is 0. The average Bonchev–Trinajstić information content (AvgIpc) is 3.18. The third-order valence-corrected chi connectivity index (χ3v) is 5.45. The van der Waals surface area contributed by atoms with Crippen LogP contribution in [0.4, 0.5) is 5.69 Å². The van der Waals surface area contributed by atoms with Gasteiger partial charge in [0.1, 0.15) is 0 Å². The summed E-state index contributed by atoms with van der Waals surface area (Å²) >= 11 is 0. The van der Waals surface area contributed by atoms with E-state index in [9.17, 15) is 0 Å². The van der Waals surface area contributed by atoms with Crippen LogP contribution < -0.4 is 4.90 Å². The molecule has 0 spiro atoms. The van der Waals surface area contributed by atoms with Crippen molar-refractivity contribution < 1.29 is 0 Å². The van der Waals surface area contributed by atoms with Gasteiger partial charge in [0.2, 0.25) is 0 Å². The molecule has 1 fully saturated rings. The molecule has 1 nitrogen and oxygen atoms in total. The Morgan fingerprint density at radius 2 is 1.26 bits per heavy atom. The van der Waals surface area contributed by atoms with E-state index in [1.807, 2.05) is 0 Å². The molecule has 112 valence electrons. The summed E-state index contributed by atoms with van der Waals surface area (Å²) in [5, 5.41) is 0. The number of benzene rings is 3. The van der Waals surface area contributed by atoms with Crippen LogP contribution in [0.15, 0.2) is 84.9 Å². The highest BCUT2D eigenvalue weighted by Gasteiger charge is 2.49. The first-order valence-electron chi connectivity index (χ1n) is 8.40. The number of anilines is 1. The minimum absolute atomic E-state index is 0.459. The van der Waals surface area contributed by atoms with E-state index in [4.69, 9.17) is 0 Å². The first-order valence-corrected chi connectivity index (χ1v) is 8.40. The van der Waals surface area contributed by atoms with E-state index in [0.29, 0.717) is 18.0 Å². The van der Waals surface area contributed by atoms with Crippen LogP contribution in [0.1, 0.15) is 41.1 Å². The molecule has 0 aromatic heterocycles. The molecule has 0 amide bonds. The second-order valence-electron chi connectivity index (χ2n) is 6.59. The van der Waals surface area contributed by atoms with Gasteiger partial charge in [0, 0.05) is 11.6 Å². The maximum Gasteiger partial charge on any atom is 0.0621 e. The molecule has 0 radical (unpaired) electrons. The fourth-order valence-corrected chi connectivity index (χ4v) is 4.56. The second kappa shape index (κ2) is 4.99. The number of hydrogen-bond acceptors (Lipinski definition) is 1. The van der Waals surface area contributed by atoms with E-state index in [2.05, 4.69) is 89.8 Å². The standard InChI is InChI=1S/C22H19N/c1-3-9-16(10-4-1)20-15-21-18-13-7-8-14-19(18)22(20)23(21)17-11-5-2-6-12-17/h1-14,20-22H,15H2. The Hall–Kier alpha value is -2.54. The van der Waals surface area contributed by atoms with Crippen molar-refractivity contribution in [3.63, 3.8) is 0 Å². The predicted molar refractivity (Wildman–Crippen MR) is 94.6 cm³/mol. The van der Waals surface area contributed by atoms with Gasteiger partial charge in [-0.05, 0) is 35.2 Å². The van der Waals surface area contributed by atoms with Crippen LogP contribution in [0.3, 0.4) is 0 Å². The molecule has 3 aromatic carbocycles. The minimum Gasteiger partial charge on any atom is -0.357 e. The molecule has 2 bridgehead atoms. The highest BCUT2D eigenvalue weighted by atomic mass is 15.2. The Morgan fingerprint density at radius 1 is 0.652 bits per heavy atom. The normalized spacial score (nSPS) is 24.7. The fraction of sp³-hybridized carbons (Fsp3) is 0.182. The number of nitrogens with zero attached hydrogens (tertiary/aromatic N) is 1. The Balaban J connectivity index is 1.65. The SMILES string of the molecule is c1ccc(C2CC3c4ccccc4C2N3c2ccccc2)cc1. The van der Waals surface area contributed by atoms with Crippen LogP contribution in [-0.2, 0) is 0 Å². The first kappa shape index (κ1) is 13.0. The molecule has 3 aromatic rings. The molecule has 1 heteroatoms. The third-order valence-electron chi connectivity index (χ3n) is 5.45. The molecule has 1 saturated heterocycles. The second-order valence-corrected chi connectivity index (χ2v) is 6.59. The molecule has 0 N–H and O–H groups in total. The predicted octanol–water partition coefficient (Wildman–Crippen LogP) is 5.48. The number of rotatable bonds is 2. The van der Waals surface area contributed by atoms with Crippen molar-refractivity contribution in [1.82, 2.24) is 0 Å². The molecular formula is C22H19N. The van der Waals surface area contributed by atoms with Crippen molar-refractivity contribution >= 4 is 5.69 Å². The van der Waals surface area contributed by atoms with Gasteiger partial charge in [-0.15, -0.1) is 0 Å². The lowest BCUT2D eigenvalue weighted by Crippen LogP contribution is -2.20. The zero-order chi connectivity index (χ0) is 15.2. The maximum atomic E-state index is 2.64. The van der Waals surface area contributed by atoms with Gasteiger partial charge in [-0.1, -0.05) is 72.8 Å². The van der Waals surface area contributed by atoms with Crippen LogP contribution in [0.5, 0.6) is 0 Å². The molecule has 0 aliphatic carbocycles. The molecule has 5 rings (SSSR count). The van der Waals surface area contributed by atoms with Crippen molar-refractivity contribution in [2.75, 3.05) is 4.90 Å². The molecule has 0 saturated carbocycles. The topological polar surface area (TPSA) is 3.24 Å². The minimum atomic E-state index is 0.459. The Bertz CT molecular complexity index is 825. The van der Waals surface area contributed by atoms with E-state index in [1.165, 1.54) is 28.8 Å². The van der Waals surface area contributed by atoms with Crippen LogP contribution in [0, 0.1) is 0 Å². The average molecular weight is 297 g/mol. The molecule has 2 heterocycles. The smallest absolute Gasteiger partial charge is 0.0621 e. The largest absolute Gasteiger partial charge is 0.357 e. The number of hydrogen-bond donors (Lipinski definition) is 0. The van der Waals surface area contributed by atoms with Crippen LogP contribution in [0.25, 0.3) is 0 Å². The van der Waals surface area contributed by atoms with Crippen LogP contribution in [0.2, 0.25) is 0 Å². The quantitative estimate of drug-likeness (QED) is 0.605. The van der Waals surface area contributed by atoms with Crippen molar-refractivity contribution in [2.24, 2.45) is 0 Å². The van der Waals surface area contributed by atoms with Gasteiger partial charge in [-0.3, -0.25) is 0 Å². The number of para-hydroxylation sites is 1. The van der Waals surface area contributed by atoms with Crippen molar-refractivity contribution in [2.45, 2.75) is 24.4 Å². The summed E-state index contributed by atoms with van der Waals surface area (Å²) in [5.41, 5.74) is 5.85. The zero-order valence-corrected chi connectivity index (χ0v) is 13.0. The fourth-order valence-electron chi connectivity index (χ4n) is 4.56. The van der Waals surface area contributed by atoms with Gasteiger partial charge < -0.3 is 4.90 Å². The molecular weight excluding hydrogens is 278 g/mol. The van der Waals surface area contributed by atoms with E-state index in [0.717, 1.165) is 0 Å². The summed E-state index contributed by atoms with van der Waals surface area (Å²) in [5.74, 6) is 0.580. The highest BCUT2D eigenvalue weighted by Crippen LogP contribution is 2.60. The van der Waals surface area contributed by atoms with E-state index < -0.39 is 0 Å². The Morgan fingerprint density at radius 3 is 2.00 bits per heavy atom. The molecule has 23 heavy (non-hydrogen) atoms. The van der Waals surface area contributed by atoms with E-state index >= 15 is 0 Å². The van der Waals surface area contributed by atoms with Gasteiger partial charge in [-0.25, -0.2) is 0 Å². The Labute approximate surface area is 137 Å². The summed E-state index contributed by atoms with van der Waals surface area (Å²) in [7, 11) is 0. The van der Waals surface area contributed by atoms with Crippen LogP contribution >= 0.6 is 0 Å².